The zero-order valence-corrected chi connectivity index (χ0v) is 16.8. The summed E-state index contributed by atoms with van der Waals surface area (Å²) in [6.45, 7) is 3.16. The molecular formula is C24H25N3O3. The van der Waals surface area contributed by atoms with E-state index in [9.17, 15) is 9.59 Å². The summed E-state index contributed by atoms with van der Waals surface area (Å²) in [5.74, 6) is -0.363. The van der Waals surface area contributed by atoms with Gasteiger partial charge in [-0.25, -0.2) is 0 Å². The number of carbonyl (C=O) groups excluding carboxylic acids is 2. The van der Waals surface area contributed by atoms with Crippen LogP contribution in [0, 0.1) is 0 Å². The molecule has 30 heavy (non-hydrogen) atoms. The van der Waals surface area contributed by atoms with E-state index < -0.39 is 0 Å². The van der Waals surface area contributed by atoms with E-state index in [1.54, 1.807) is 36.4 Å². The first-order chi connectivity index (χ1) is 14.7. The third kappa shape index (κ3) is 5.15. The van der Waals surface area contributed by atoms with E-state index in [2.05, 4.69) is 21.6 Å². The van der Waals surface area contributed by atoms with Crippen LogP contribution in [0.4, 0.5) is 11.4 Å². The molecule has 2 heterocycles. The molecule has 0 bridgehead atoms. The normalized spacial score (nSPS) is 14.3. The summed E-state index contributed by atoms with van der Waals surface area (Å²) in [6, 6.07) is 18.0. The lowest BCUT2D eigenvalue weighted by atomic mass is 10.1. The van der Waals surface area contributed by atoms with Gasteiger partial charge in [0, 0.05) is 23.5 Å². The second-order valence-electron chi connectivity index (χ2n) is 7.50. The van der Waals surface area contributed by atoms with Gasteiger partial charge in [-0.1, -0.05) is 24.6 Å². The highest BCUT2D eigenvalue weighted by atomic mass is 16.3. The Morgan fingerprint density at radius 2 is 1.57 bits per heavy atom. The van der Waals surface area contributed by atoms with E-state index in [1.165, 1.54) is 31.1 Å². The Morgan fingerprint density at radius 1 is 0.833 bits per heavy atom. The van der Waals surface area contributed by atoms with Crippen LogP contribution in [-0.4, -0.2) is 29.8 Å². The van der Waals surface area contributed by atoms with Gasteiger partial charge in [-0.15, -0.1) is 0 Å². The molecule has 4 rings (SSSR count). The molecule has 1 aromatic heterocycles. The molecule has 0 radical (unpaired) electrons. The smallest absolute Gasteiger partial charge is 0.291 e. The van der Waals surface area contributed by atoms with Gasteiger partial charge in [0.2, 0.25) is 0 Å². The Bertz CT molecular complexity index is 1010. The van der Waals surface area contributed by atoms with Crippen LogP contribution in [0.25, 0.3) is 0 Å². The molecule has 6 heteroatoms. The number of carbonyl (C=O) groups is 2. The minimum atomic E-state index is -0.358. The van der Waals surface area contributed by atoms with Crippen LogP contribution in [0.15, 0.2) is 71.3 Å². The van der Waals surface area contributed by atoms with Gasteiger partial charge in [-0.2, -0.15) is 0 Å². The van der Waals surface area contributed by atoms with Crippen molar-refractivity contribution in [1.82, 2.24) is 4.90 Å². The standard InChI is InChI=1S/C24H25N3O3/c28-23(19-8-5-10-21(16-19)26-24(29)22-11-6-14-30-22)25-20-9-4-7-18(15-20)17-27-12-2-1-3-13-27/h4-11,14-16H,1-3,12-13,17H2,(H,25,28)(H,26,29). The predicted molar refractivity (Wildman–Crippen MR) is 117 cm³/mol. The van der Waals surface area contributed by atoms with E-state index in [4.69, 9.17) is 4.42 Å². The van der Waals surface area contributed by atoms with E-state index in [-0.39, 0.29) is 17.6 Å². The average molecular weight is 403 g/mol. The number of nitrogens with zero attached hydrogens (tertiary/aromatic N) is 1. The molecule has 0 saturated carbocycles. The SMILES string of the molecule is O=C(Nc1cccc(CN2CCCCC2)c1)c1cccc(NC(=O)c2ccco2)c1. The fourth-order valence-corrected chi connectivity index (χ4v) is 3.67. The first-order valence-corrected chi connectivity index (χ1v) is 10.2. The minimum absolute atomic E-state index is 0.218. The summed E-state index contributed by atoms with van der Waals surface area (Å²) in [5.41, 5.74) is 2.95. The van der Waals surface area contributed by atoms with E-state index in [1.807, 2.05) is 18.2 Å². The number of likely N-dealkylation sites (tertiary alicyclic amines) is 1. The predicted octanol–water partition coefficient (Wildman–Crippen LogP) is 4.77. The molecule has 0 aliphatic carbocycles. The number of piperidine rings is 1. The third-order valence-corrected chi connectivity index (χ3v) is 5.17. The number of amides is 2. The number of hydrogen-bond acceptors (Lipinski definition) is 4. The Labute approximate surface area is 175 Å². The van der Waals surface area contributed by atoms with Gasteiger partial charge in [0.15, 0.2) is 5.76 Å². The van der Waals surface area contributed by atoms with Crippen molar-refractivity contribution in [2.75, 3.05) is 23.7 Å². The Balaban J connectivity index is 1.40. The number of nitrogens with one attached hydrogen (secondary N) is 2. The Morgan fingerprint density at radius 3 is 2.33 bits per heavy atom. The molecule has 0 atom stereocenters. The van der Waals surface area contributed by atoms with Crippen molar-refractivity contribution in [1.29, 1.82) is 0 Å². The molecule has 2 amide bonds. The Hall–Kier alpha value is -3.38. The summed E-state index contributed by atoms with van der Waals surface area (Å²) < 4.78 is 5.09. The van der Waals surface area contributed by atoms with Gasteiger partial charge < -0.3 is 15.1 Å². The summed E-state index contributed by atoms with van der Waals surface area (Å²) in [4.78, 5) is 27.3. The van der Waals surface area contributed by atoms with Crippen LogP contribution in [0.5, 0.6) is 0 Å². The van der Waals surface area contributed by atoms with Crippen LogP contribution in [-0.2, 0) is 6.54 Å². The molecule has 1 saturated heterocycles. The van der Waals surface area contributed by atoms with Crippen molar-refractivity contribution in [3.8, 4) is 0 Å². The maximum Gasteiger partial charge on any atom is 0.291 e. The number of rotatable bonds is 6. The number of furan rings is 1. The third-order valence-electron chi connectivity index (χ3n) is 5.17. The second-order valence-corrected chi connectivity index (χ2v) is 7.50. The molecule has 3 aromatic rings. The van der Waals surface area contributed by atoms with Crippen molar-refractivity contribution >= 4 is 23.2 Å². The van der Waals surface area contributed by atoms with Crippen LogP contribution < -0.4 is 10.6 Å². The highest BCUT2D eigenvalue weighted by molar-refractivity contribution is 6.06. The van der Waals surface area contributed by atoms with Crippen LogP contribution in [0.3, 0.4) is 0 Å². The fourth-order valence-electron chi connectivity index (χ4n) is 3.67. The van der Waals surface area contributed by atoms with Gasteiger partial charge in [-0.3, -0.25) is 14.5 Å². The second kappa shape index (κ2) is 9.41. The van der Waals surface area contributed by atoms with Gasteiger partial charge in [0.05, 0.1) is 6.26 Å². The summed E-state index contributed by atoms with van der Waals surface area (Å²) in [7, 11) is 0. The highest BCUT2D eigenvalue weighted by Gasteiger charge is 2.13. The molecule has 1 aliphatic heterocycles. The first kappa shape index (κ1) is 19.9. The van der Waals surface area contributed by atoms with Gasteiger partial charge >= 0.3 is 0 Å². The van der Waals surface area contributed by atoms with Crippen molar-refractivity contribution in [3.05, 3.63) is 83.8 Å². The van der Waals surface area contributed by atoms with Crippen molar-refractivity contribution < 1.29 is 14.0 Å². The molecule has 0 spiro atoms. The van der Waals surface area contributed by atoms with Crippen molar-refractivity contribution in [2.24, 2.45) is 0 Å². The van der Waals surface area contributed by atoms with Crippen molar-refractivity contribution in [3.63, 3.8) is 0 Å². The van der Waals surface area contributed by atoms with Crippen LogP contribution in [0.2, 0.25) is 0 Å². The van der Waals surface area contributed by atoms with Gasteiger partial charge in [-0.05, 0) is 74.0 Å². The zero-order chi connectivity index (χ0) is 20.8. The molecular weight excluding hydrogens is 378 g/mol. The lowest BCUT2D eigenvalue weighted by Crippen LogP contribution is -2.29. The highest BCUT2D eigenvalue weighted by Crippen LogP contribution is 2.18. The summed E-state index contributed by atoms with van der Waals surface area (Å²) in [6.07, 6.45) is 5.26. The fraction of sp³-hybridized carbons (Fsp3) is 0.250. The molecule has 2 N–H and O–H groups in total. The summed E-state index contributed by atoms with van der Waals surface area (Å²) >= 11 is 0. The van der Waals surface area contributed by atoms with Crippen LogP contribution in [0.1, 0.15) is 45.7 Å². The van der Waals surface area contributed by atoms with E-state index in [0.29, 0.717) is 11.3 Å². The molecule has 0 unspecified atom stereocenters. The lowest BCUT2D eigenvalue weighted by molar-refractivity contribution is 0.0993. The molecule has 6 nitrogen and oxygen atoms in total. The molecule has 2 aromatic carbocycles. The number of hydrogen-bond donors (Lipinski definition) is 2. The lowest BCUT2D eigenvalue weighted by Gasteiger charge is -2.26. The molecule has 1 aliphatic rings. The minimum Gasteiger partial charge on any atom is -0.459 e. The van der Waals surface area contributed by atoms with Gasteiger partial charge in [0.1, 0.15) is 0 Å². The Kier molecular flexibility index (Phi) is 6.25. The van der Waals surface area contributed by atoms with Crippen LogP contribution >= 0.6 is 0 Å². The number of anilines is 2. The monoisotopic (exact) mass is 403 g/mol. The zero-order valence-electron chi connectivity index (χ0n) is 16.8. The van der Waals surface area contributed by atoms with Gasteiger partial charge in [0.25, 0.3) is 11.8 Å². The summed E-state index contributed by atoms with van der Waals surface area (Å²) in [5, 5.41) is 5.70. The maximum atomic E-state index is 12.7. The number of benzene rings is 2. The first-order valence-electron chi connectivity index (χ1n) is 10.2. The van der Waals surface area contributed by atoms with E-state index in [0.717, 1.165) is 25.3 Å². The largest absolute Gasteiger partial charge is 0.459 e. The van der Waals surface area contributed by atoms with Crippen molar-refractivity contribution in [2.45, 2.75) is 25.8 Å². The molecule has 154 valence electrons. The molecule has 1 fully saturated rings. The quantitative estimate of drug-likeness (QED) is 0.622. The maximum absolute atomic E-state index is 12.7. The topological polar surface area (TPSA) is 74.6 Å². The average Bonchev–Trinajstić information content (AvgIpc) is 3.30. The van der Waals surface area contributed by atoms with E-state index >= 15 is 0 Å².